The van der Waals surface area contributed by atoms with Crippen molar-refractivity contribution in [1.29, 1.82) is 0 Å². The zero-order chi connectivity index (χ0) is 19.2. The second kappa shape index (κ2) is 13.0. The Balaban J connectivity index is 0.000000535. The molecule has 0 spiro atoms. The van der Waals surface area contributed by atoms with Gasteiger partial charge in [0.25, 0.3) is 0 Å². The van der Waals surface area contributed by atoms with Gasteiger partial charge < -0.3 is 14.6 Å². The predicted octanol–water partition coefficient (Wildman–Crippen LogP) is 3.83. The lowest BCUT2D eigenvalue weighted by Gasteiger charge is -2.08. The van der Waals surface area contributed by atoms with Crippen LogP contribution in [0, 0.1) is 0 Å². The first-order valence-corrected chi connectivity index (χ1v) is 8.39. The number of hydrogen-bond donors (Lipinski definition) is 1. The summed E-state index contributed by atoms with van der Waals surface area (Å²) < 4.78 is 9.93. The van der Waals surface area contributed by atoms with E-state index in [1.807, 2.05) is 27.7 Å². The zero-order valence-electron chi connectivity index (χ0n) is 15.4. The molecule has 1 aromatic rings. The summed E-state index contributed by atoms with van der Waals surface area (Å²) in [6, 6.07) is 8.30. The van der Waals surface area contributed by atoms with Crippen LogP contribution in [0.1, 0.15) is 63.7 Å². The van der Waals surface area contributed by atoms with Gasteiger partial charge in [-0.1, -0.05) is 18.2 Å². The quantitative estimate of drug-likeness (QED) is 0.565. The highest BCUT2D eigenvalue weighted by Gasteiger charge is 2.08. The average molecular weight is 352 g/mol. The third-order valence-electron chi connectivity index (χ3n) is 2.77. The molecule has 0 aliphatic rings. The van der Waals surface area contributed by atoms with Gasteiger partial charge in [0.2, 0.25) is 0 Å². The summed E-state index contributed by atoms with van der Waals surface area (Å²) in [6.07, 6.45) is 1.93. The molecular formula is C19H28O6. The van der Waals surface area contributed by atoms with Crippen LogP contribution >= 0.6 is 0 Å². The fraction of sp³-hybridized carbons (Fsp3) is 0.526. The normalized spacial score (nSPS) is 10.0. The van der Waals surface area contributed by atoms with Gasteiger partial charge in [0.05, 0.1) is 17.8 Å². The monoisotopic (exact) mass is 352 g/mol. The van der Waals surface area contributed by atoms with Gasteiger partial charge >= 0.3 is 17.9 Å². The molecule has 25 heavy (non-hydrogen) atoms. The van der Waals surface area contributed by atoms with E-state index >= 15 is 0 Å². The summed E-state index contributed by atoms with van der Waals surface area (Å²) >= 11 is 0. The standard InChI is InChI=1S/C12H22O4.C7H6O2/c1-9(2)15-11(13)7-5-6-8-12(14)16-10(3)4;8-7(9)6-4-2-1-3-5-6/h9-10H,5-8H2,1-4H3;1-5H,(H,8,9). The molecule has 1 aromatic carbocycles. The van der Waals surface area contributed by atoms with Crippen molar-refractivity contribution in [3.8, 4) is 0 Å². The second-order valence-electron chi connectivity index (χ2n) is 5.96. The molecule has 1 rings (SSSR count). The van der Waals surface area contributed by atoms with Crippen LogP contribution in [0.15, 0.2) is 30.3 Å². The van der Waals surface area contributed by atoms with E-state index in [1.165, 1.54) is 0 Å². The van der Waals surface area contributed by atoms with Gasteiger partial charge in [-0.25, -0.2) is 4.79 Å². The number of rotatable bonds is 8. The van der Waals surface area contributed by atoms with Crippen molar-refractivity contribution in [2.24, 2.45) is 0 Å². The number of carbonyl (C=O) groups is 3. The number of carbonyl (C=O) groups excluding carboxylic acids is 2. The number of aromatic carboxylic acids is 1. The van der Waals surface area contributed by atoms with E-state index in [0.29, 0.717) is 31.2 Å². The summed E-state index contributed by atoms with van der Waals surface area (Å²) in [5.41, 5.74) is 0.331. The molecule has 0 aliphatic heterocycles. The van der Waals surface area contributed by atoms with Gasteiger partial charge in [-0.3, -0.25) is 9.59 Å². The highest BCUT2D eigenvalue weighted by molar-refractivity contribution is 5.87. The van der Waals surface area contributed by atoms with Crippen LogP contribution in [-0.4, -0.2) is 35.2 Å². The second-order valence-corrected chi connectivity index (χ2v) is 5.96. The predicted molar refractivity (Wildman–Crippen MR) is 94.3 cm³/mol. The van der Waals surface area contributed by atoms with Crippen LogP contribution in [0.2, 0.25) is 0 Å². The summed E-state index contributed by atoms with van der Waals surface area (Å²) in [7, 11) is 0. The maximum absolute atomic E-state index is 11.1. The topological polar surface area (TPSA) is 89.9 Å². The number of benzene rings is 1. The molecule has 0 saturated carbocycles. The van der Waals surface area contributed by atoms with Crippen LogP contribution < -0.4 is 0 Å². The van der Waals surface area contributed by atoms with E-state index in [2.05, 4.69) is 0 Å². The van der Waals surface area contributed by atoms with E-state index < -0.39 is 5.97 Å². The Labute approximate surface area is 149 Å². The highest BCUT2D eigenvalue weighted by Crippen LogP contribution is 2.05. The van der Waals surface area contributed by atoms with E-state index in [1.54, 1.807) is 30.3 Å². The molecule has 0 fully saturated rings. The van der Waals surface area contributed by atoms with Gasteiger partial charge in [-0.2, -0.15) is 0 Å². The van der Waals surface area contributed by atoms with Crippen molar-refractivity contribution in [3.63, 3.8) is 0 Å². The fourth-order valence-corrected chi connectivity index (χ4v) is 1.76. The molecule has 0 bridgehead atoms. The Morgan fingerprint density at radius 2 is 1.24 bits per heavy atom. The molecule has 0 radical (unpaired) electrons. The molecule has 0 amide bonds. The summed E-state index contributed by atoms with van der Waals surface area (Å²) in [6.45, 7) is 7.27. The smallest absolute Gasteiger partial charge is 0.335 e. The van der Waals surface area contributed by atoms with Crippen LogP contribution in [0.3, 0.4) is 0 Å². The highest BCUT2D eigenvalue weighted by atomic mass is 16.5. The molecule has 0 atom stereocenters. The van der Waals surface area contributed by atoms with Crippen molar-refractivity contribution in [2.75, 3.05) is 0 Å². The van der Waals surface area contributed by atoms with Crippen LogP contribution in [-0.2, 0) is 19.1 Å². The largest absolute Gasteiger partial charge is 0.478 e. The number of carboxylic acid groups (broad SMARTS) is 1. The first-order chi connectivity index (χ1) is 11.7. The Bertz CT molecular complexity index is 498. The third-order valence-corrected chi connectivity index (χ3v) is 2.77. The van der Waals surface area contributed by atoms with Gasteiger partial charge in [0, 0.05) is 12.8 Å². The molecule has 0 aromatic heterocycles. The van der Waals surface area contributed by atoms with Crippen molar-refractivity contribution in [3.05, 3.63) is 35.9 Å². The number of hydrogen-bond acceptors (Lipinski definition) is 5. The minimum Gasteiger partial charge on any atom is -0.478 e. The Kier molecular flexibility index (Phi) is 11.8. The van der Waals surface area contributed by atoms with Crippen LogP contribution in [0.5, 0.6) is 0 Å². The lowest BCUT2D eigenvalue weighted by atomic mass is 10.2. The lowest BCUT2D eigenvalue weighted by Crippen LogP contribution is -2.12. The van der Waals surface area contributed by atoms with E-state index in [4.69, 9.17) is 14.6 Å². The van der Waals surface area contributed by atoms with Crippen molar-refractivity contribution in [1.82, 2.24) is 0 Å². The molecule has 0 heterocycles. The Morgan fingerprint density at radius 1 is 0.840 bits per heavy atom. The fourth-order valence-electron chi connectivity index (χ4n) is 1.76. The average Bonchev–Trinajstić information content (AvgIpc) is 2.51. The molecule has 0 aliphatic carbocycles. The summed E-state index contributed by atoms with van der Waals surface area (Å²) in [5.74, 6) is -1.28. The van der Waals surface area contributed by atoms with Crippen molar-refractivity contribution in [2.45, 2.75) is 65.6 Å². The molecule has 1 N–H and O–H groups in total. The molecule has 6 heteroatoms. The third kappa shape index (κ3) is 13.7. The summed E-state index contributed by atoms with van der Waals surface area (Å²) in [5, 5.41) is 8.38. The number of ether oxygens (including phenoxy) is 2. The van der Waals surface area contributed by atoms with Gasteiger partial charge in [-0.05, 0) is 52.7 Å². The summed E-state index contributed by atoms with van der Waals surface area (Å²) in [4.78, 5) is 32.5. The van der Waals surface area contributed by atoms with E-state index in [-0.39, 0.29) is 24.1 Å². The number of esters is 2. The van der Waals surface area contributed by atoms with Crippen molar-refractivity contribution < 1.29 is 29.0 Å². The molecule has 0 saturated heterocycles. The Hall–Kier alpha value is -2.37. The van der Waals surface area contributed by atoms with E-state index in [9.17, 15) is 14.4 Å². The maximum Gasteiger partial charge on any atom is 0.335 e. The molecule has 140 valence electrons. The zero-order valence-corrected chi connectivity index (χ0v) is 15.4. The number of unbranched alkanes of at least 4 members (excludes halogenated alkanes) is 1. The molecular weight excluding hydrogens is 324 g/mol. The lowest BCUT2D eigenvalue weighted by molar-refractivity contribution is -0.149. The van der Waals surface area contributed by atoms with Crippen LogP contribution in [0.25, 0.3) is 0 Å². The maximum atomic E-state index is 11.1. The first kappa shape index (κ1) is 22.6. The molecule has 6 nitrogen and oxygen atoms in total. The SMILES string of the molecule is CC(C)OC(=O)CCCCC(=O)OC(C)C.O=C(O)c1ccccc1. The Morgan fingerprint density at radius 3 is 1.52 bits per heavy atom. The first-order valence-electron chi connectivity index (χ1n) is 8.39. The minimum absolute atomic E-state index is 0.0709. The molecule has 0 unspecified atom stereocenters. The minimum atomic E-state index is -0.879. The van der Waals surface area contributed by atoms with Gasteiger partial charge in [-0.15, -0.1) is 0 Å². The van der Waals surface area contributed by atoms with E-state index in [0.717, 1.165) is 0 Å². The van der Waals surface area contributed by atoms with Crippen molar-refractivity contribution >= 4 is 17.9 Å². The van der Waals surface area contributed by atoms with Gasteiger partial charge in [0.15, 0.2) is 0 Å². The number of carboxylic acids is 1. The van der Waals surface area contributed by atoms with Crippen LogP contribution in [0.4, 0.5) is 0 Å². The van der Waals surface area contributed by atoms with Gasteiger partial charge in [0.1, 0.15) is 0 Å².